The van der Waals surface area contributed by atoms with Crippen molar-refractivity contribution in [2.24, 2.45) is 0 Å². The second kappa shape index (κ2) is 6.69. The van der Waals surface area contributed by atoms with Crippen LogP contribution in [0.5, 0.6) is 0 Å². The fourth-order valence-electron chi connectivity index (χ4n) is 3.95. The van der Waals surface area contributed by atoms with E-state index in [1.54, 1.807) is 8.61 Å². The fourth-order valence-corrected chi connectivity index (χ4v) is 5.61. The van der Waals surface area contributed by atoms with E-state index >= 15 is 0 Å². The van der Waals surface area contributed by atoms with Crippen LogP contribution in [-0.4, -0.2) is 48.7 Å². The predicted molar refractivity (Wildman–Crippen MR) is 92.9 cm³/mol. The van der Waals surface area contributed by atoms with Gasteiger partial charge < -0.3 is 5.32 Å². The lowest BCUT2D eigenvalue weighted by atomic mass is 10.0. The Morgan fingerprint density at radius 1 is 0.957 bits per heavy atom. The number of hydrogen-bond acceptors (Lipinski definition) is 3. The molecule has 1 aromatic rings. The third kappa shape index (κ3) is 3.28. The number of rotatable bonds is 2. The second-order valence-corrected chi connectivity index (χ2v) is 8.57. The Kier molecular flexibility index (Phi) is 4.99. The third-order valence-electron chi connectivity index (χ3n) is 5.23. The van der Waals surface area contributed by atoms with Gasteiger partial charge in [0.05, 0.1) is 0 Å². The SMILES string of the molecule is Cl.O=S(=O)(N1CCc2ccccc2C1)N1CCC2CCC(C1)N2. The fraction of sp³-hybridized carbons (Fsp3) is 0.625. The number of nitrogens with zero attached hydrogens (tertiary/aromatic N) is 2. The van der Waals surface area contributed by atoms with Crippen LogP contribution in [0.25, 0.3) is 0 Å². The average Bonchev–Trinajstić information content (AvgIpc) is 2.85. The van der Waals surface area contributed by atoms with Crippen LogP contribution in [0.1, 0.15) is 30.4 Å². The van der Waals surface area contributed by atoms with Crippen LogP contribution in [0.3, 0.4) is 0 Å². The molecule has 3 heterocycles. The first-order valence-electron chi connectivity index (χ1n) is 8.21. The van der Waals surface area contributed by atoms with Crippen LogP contribution in [0.2, 0.25) is 0 Å². The van der Waals surface area contributed by atoms with Crippen molar-refractivity contribution in [3.8, 4) is 0 Å². The van der Waals surface area contributed by atoms with Gasteiger partial charge in [-0.3, -0.25) is 0 Å². The molecule has 4 rings (SSSR count). The van der Waals surface area contributed by atoms with Gasteiger partial charge in [0.1, 0.15) is 0 Å². The maximum Gasteiger partial charge on any atom is 0.282 e. The molecule has 128 valence electrons. The highest BCUT2D eigenvalue weighted by Gasteiger charge is 2.37. The van der Waals surface area contributed by atoms with Gasteiger partial charge in [-0.2, -0.15) is 17.0 Å². The lowest BCUT2D eigenvalue weighted by Crippen LogP contribution is -2.48. The first-order chi connectivity index (χ1) is 10.6. The quantitative estimate of drug-likeness (QED) is 0.873. The average molecular weight is 358 g/mol. The van der Waals surface area contributed by atoms with E-state index in [0.717, 1.165) is 24.8 Å². The molecule has 0 radical (unpaired) electrons. The maximum absolute atomic E-state index is 13.0. The molecule has 0 amide bonds. The monoisotopic (exact) mass is 357 g/mol. The molecule has 23 heavy (non-hydrogen) atoms. The van der Waals surface area contributed by atoms with Gasteiger partial charge in [-0.25, -0.2) is 0 Å². The van der Waals surface area contributed by atoms with Crippen LogP contribution in [0.15, 0.2) is 24.3 Å². The number of fused-ring (bicyclic) bond motifs is 3. The summed E-state index contributed by atoms with van der Waals surface area (Å²) in [4.78, 5) is 0. The number of hydrogen-bond donors (Lipinski definition) is 1. The Morgan fingerprint density at radius 2 is 1.70 bits per heavy atom. The zero-order valence-electron chi connectivity index (χ0n) is 13.1. The lowest BCUT2D eigenvalue weighted by molar-refractivity contribution is 0.314. The summed E-state index contributed by atoms with van der Waals surface area (Å²) in [6, 6.07) is 9.01. The molecule has 0 saturated carbocycles. The molecular weight excluding hydrogens is 334 g/mol. The highest BCUT2D eigenvalue weighted by molar-refractivity contribution is 7.86. The molecule has 0 aromatic heterocycles. The second-order valence-electron chi connectivity index (χ2n) is 6.64. The molecule has 3 aliphatic rings. The molecule has 2 bridgehead atoms. The number of nitrogens with one attached hydrogen (secondary N) is 1. The topological polar surface area (TPSA) is 52.7 Å². The summed E-state index contributed by atoms with van der Waals surface area (Å²) in [6.45, 7) is 2.37. The zero-order valence-corrected chi connectivity index (χ0v) is 14.8. The van der Waals surface area contributed by atoms with Crippen LogP contribution >= 0.6 is 12.4 Å². The molecule has 2 unspecified atom stereocenters. The van der Waals surface area contributed by atoms with E-state index in [1.807, 2.05) is 18.2 Å². The molecule has 2 atom stereocenters. The molecule has 7 heteroatoms. The molecule has 3 aliphatic heterocycles. The molecule has 1 aromatic carbocycles. The molecule has 2 saturated heterocycles. The van der Waals surface area contributed by atoms with Crippen molar-refractivity contribution in [2.75, 3.05) is 19.6 Å². The van der Waals surface area contributed by atoms with Crippen molar-refractivity contribution in [3.63, 3.8) is 0 Å². The highest BCUT2D eigenvalue weighted by atomic mass is 35.5. The van der Waals surface area contributed by atoms with Crippen molar-refractivity contribution in [3.05, 3.63) is 35.4 Å². The van der Waals surface area contributed by atoms with E-state index in [-0.39, 0.29) is 12.4 Å². The van der Waals surface area contributed by atoms with Gasteiger partial charge in [-0.05, 0) is 36.8 Å². The van der Waals surface area contributed by atoms with Crippen molar-refractivity contribution in [2.45, 2.75) is 44.3 Å². The maximum atomic E-state index is 13.0. The van der Waals surface area contributed by atoms with Crippen LogP contribution in [0, 0.1) is 0 Å². The van der Waals surface area contributed by atoms with E-state index in [4.69, 9.17) is 0 Å². The summed E-state index contributed by atoms with van der Waals surface area (Å²) < 4.78 is 29.4. The summed E-state index contributed by atoms with van der Waals surface area (Å²) in [5.41, 5.74) is 2.43. The molecular formula is C16H24ClN3O2S. The Morgan fingerprint density at radius 3 is 2.52 bits per heavy atom. The molecule has 0 spiro atoms. The largest absolute Gasteiger partial charge is 0.310 e. The van der Waals surface area contributed by atoms with Gasteiger partial charge in [0.2, 0.25) is 0 Å². The van der Waals surface area contributed by atoms with E-state index in [2.05, 4.69) is 11.4 Å². The first kappa shape index (κ1) is 17.2. The minimum atomic E-state index is -3.35. The predicted octanol–water partition coefficient (Wildman–Crippen LogP) is 1.54. The van der Waals surface area contributed by atoms with Crippen molar-refractivity contribution in [1.82, 2.24) is 13.9 Å². The summed E-state index contributed by atoms with van der Waals surface area (Å²) in [5.74, 6) is 0. The first-order valence-corrected chi connectivity index (χ1v) is 9.61. The van der Waals surface area contributed by atoms with E-state index in [9.17, 15) is 8.42 Å². The van der Waals surface area contributed by atoms with Gasteiger partial charge in [-0.1, -0.05) is 24.3 Å². The number of benzene rings is 1. The van der Waals surface area contributed by atoms with Crippen LogP contribution in [-0.2, 0) is 23.2 Å². The van der Waals surface area contributed by atoms with Crippen LogP contribution in [0.4, 0.5) is 0 Å². The molecule has 2 fully saturated rings. The number of halogens is 1. The van der Waals surface area contributed by atoms with E-state index < -0.39 is 10.2 Å². The van der Waals surface area contributed by atoms with Gasteiger partial charge in [-0.15, -0.1) is 12.4 Å². The standard InChI is InChI=1S/C16H23N3O2S.ClH/c20-22(21,19-10-8-15-5-6-16(12-19)17-15)18-9-7-13-3-1-2-4-14(13)11-18;/h1-4,15-17H,5-12H2;1H. The zero-order chi connectivity index (χ0) is 15.2. The summed E-state index contributed by atoms with van der Waals surface area (Å²) in [6.07, 6.45) is 4.03. The minimum Gasteiger partial charge on any atom is -0.310 e. The Bertz CT molecular complexity index is 667. The van der Waals surface area contributed by atoms with E-state index in [0.29, 0.717) is 38.3 Å². The Hall–Kier alpha value is -0.660. The summed E-state index contributed by atoms with van der Waals surface area (Å²) in [7, 11) is -3.35. The Balaban J connectivity index is 0.00000156. The molecule has 1 N–H and O–H groups in total. The Labute approximate surface area is 144 Å². The summed E-state index contributed by atoms with van der Waals surface area (Å²) in [5, 5.41) is 3.55. The van der Waals surface area contributed by atoms with Gasteiger partial charge >= 0.3 is 0 Å². The van der Waals surface area contributed by atoms with Crippen LogP contribution < -0.4 is 5.32 Å². The smallest absolute Gasteiger partial charge is 0.282 e. The van der Waals surface area contributed by atoms with Crippen molar-refractivity contribution in [1.29, 1.82) is 0 Å². The van der Waals surface area contributed by atoms with Crippen molar-refractivity contribution < 1.29 is 8.42 Å². The van der Waals surface area contributed by atoms with Gasteiger partial charge in [0.25, 0.3) is 10.2 Å². The lowest BCUT2D eigenvalue weighted by Gasteiger charge is -2.33. The highest BCUT2D eigenvalue weighted by Crippen LogP contribution is 2.26. The molecule has 0 aliphatic carbocycles. The normalized spacial score (nSPS) is 28.7. The van der Waals surface area contributed by atoms with Gasteiger partial charge in [0, 0.05) is 38.3 Å². The van der Waals surface area contributed by atoms with Crippen molar-refractivity contribution >= 4 is 22.6 Å². The van der Waals surface area contributed by atoms with Gasteiger partial charge in [0.15, 0.2) is 0 Å². The van der Waals surface area contributed by atoms with E-state index in [1.165, 1.54) is 12.0 Å². The summed E-state index contributed by atoms with van der Waals surface area (Å²) >= 11 is 0. The molecule has 5 nitrogen and oxygen atoms in total. The third-order valence-corrected chi connectivity index (χ3v) is 7.18. The minimum absolute atomic E-state index is 0.